The van der Waals surface area contributed by atoms with Crippen molar-refractivity contribution in [2.45, 2.75) is 5.41 Å². The van der Waals surface area contributed by atoms with Crippen LogP contribution in [0.5, 0.6) is 0 Å². The number of benzene rings is 8. The smallest absolute Gasteiger partial charge is 0.142 e. The maximum Gasteiger partial charge on any atom is 0.142 e. The Morgan fingerprint density at radius 1 is 0.431 bits per heavy atom. The van der Waals surface area contributed by atoms with Crippen molar-refractivity contribution in [1.29, 1.82) is 0 Å². The molecule has 0 atom stereocenters. The molecule has 0 N–H and O–H groups in total. The zero-order valence-electron chi connectivity index (χ0n) is 27.8. The zero-order chi connectivity index (χ0) is 33.5. The molecule has 8 aromatic carbocycles. The van der Waals surface area contributed by atoms with Gasteiger partial charge < -0.3 is 9.32 Å². The van der Waals surface area contributed by atoms with Gasteiger partial charge in [0.15, 0.2) is 0 Å². The molecule has 238 valence electrons. The molecule has 51 heavy (non-hydrogen) atoms. The van der Waals surface area contributed by atoms with E-state index in [2.05, 4.69) is 193 Å². The Morgan fingerprint density at radius 3 is 1.82 bits per heavy atom. The van der Waals surface area contributed by atoms with Crippen molar-refractivity contribution in [3.8, 4) is 33.6 Å². The third-order valence-corrected chi connectivity index (χ3v) is 11.1. The van der Waals surface area contributed by atoms with Gasteiger partial charge in [0.05, 0.1) is 11.1 Å². The van der Waals surface area contributed by atoms with Gasteiger partial charge in [-0.2, -0.15) is 0 Å². The molecular weight excluding hydrogens is 619 g/mol. The minimum Gasteiger partial charge on any atom is -0.456 e. The lowest BCUT2D eigenvalue weighted by Crippen LogP contribution is -2.26. The fraction of sp³-hybridized carbons (Fsp3) is 0.0204. The second-order valence-corrected chi connectivity index (χ2v) is 13.6. The second-order valence-electron chi connectivity index (χ2n) is 13.6. The molecule has 0 amide bonds. The van der Waals surface area contributed by atoms with Crippen molar-refractivity contribution >= 4 is 38.8 Å². The average Bonchev–Trinajstić information content (AvgIpc) is 3.82. The monoisotopic (exact) mass is 649 g/mol. The largest absolute Gasteiger partial charge is 0.456 e. The van der Waals surface area contributed by atoms with Crippen molar-refractivity contribution in [1.82, 2.24) is 0 Å². The van der Waals surface area contributed by atoms with E-state index in [4.69, 9.17) is 4.42 Å². The number of hydrogen-bond donors (Lipinski definition) is 0. The summed E-state index contributed by atoms with van der Waals surface area (Å²) in [6, 6.07) is 68.2. The van der Waals surface area contributed by atoms with Crippen LogP contribution in [-0.4, -0.2) is 0 Å². The molecule has 0 fully saturated rings. The maximum atomic E-state index is 7.00. The molecule has 0 unspecified atom stereocenters. The summed E-state index contributed by atoms with van der Waals surface area (Å²) >= 11 is 0. The summed E-state index contributed by atoms with van der Waals surface area (Å²) in [6.45, 7) is 0. The standard InChI is InChI=1S/C49H31NO/c1-2-15-36(16-3-1)50(37-29-27-33(28-30-37)35-26-25-32-13-4-5-14-34(32)31-35)44-23-12-22-43-46(44)48-47(40-19-8-11-24-45(40)51-48)49(43)41-20-9-6-17-38(41)39-18-7-10-21-42(39)49/h1-31H. The van der Waals surface area contributed by atoms with Crippen LogP contribution in [0.25, 0.3) is 55.3 Å². The molecular formula is C49H31NO. The van der Waals surface area contributed by atoms with Gasteiger partial charge in [0.2, 0.25) is 0 Å². The van der Waals surface area contributed by atoms with E-state index >= 15 is 0 Å². The lowest BCUT2D eigenvalue weighted by Gasteiger charge is -2.31. The highest BCUT2D eigenvalue weighted by Gasteiger charge is 2.55. The van der Waals surface area contributed by atoms with Crippen molar-refractivity contribution < 1.29 is 4.42 Å². The number of hydrogen-bond acceptors (Lipinski definition) is 2. The predicted molar refractivity (Wildman–Crippen MR) is 210 cm³/mol. The van der Waals surface area contributed by atoms with Gasteiger partial charge in [-0.1, -0.05) is 146 Å². The van der Waals surface area contributed by atoms with E-state index in [0.29, 0.717) is 0 Å². The summed E-state index contributed by atoms with van der Waals surface area (Å²) in [4.78, 5) is 2.39. The Morgan fingerprint density at radius 2 is 1.04 bits per heavy atom. The quantitative estimate of drug-likeness (QED) is 0.189. The molecule has 2 nitrogen and oxygen atoms in total. The van der Waals surface area contributed by atoms with Gasteiger partial charge in [0.1, 0.15) is 11.3 Å². The predicted octanol–water partition coefficient (Wildman–Crippen LogP) is 13.1. The van der Waals surface area contributed by atoms with Crippen LogP contribution in [-0.2, 0) is 5.41 Å². The molecule has 0 aliphatic heterocycles. The molecule has 0 saturated heterocycles. The van der Waals surface area contributed by atoms with E-state index in [1.165, 1.54) is 55.3 Å². The molecule has 1 spiro atoms. The number of furan rings is 1. The van der Waals surface area contributed by atoms with Crippen LogP contribution in [0.4, 0.5) is 17.1 Å². The lowest BCUT2D eigenvalue weighted by molar-refractivity contribution is 0.628. The molecule has 0 radical (unpaired) electrons. The number of fused-ring (bicyclic) bond motifs is 13. The molecule has 11 rings (SSSR count). The first kappa shape index (κ1) is 28.2. The molecule has 0 saturated carbocycles. The third kappa shape index (κ3) is 3.87. The minimum absolute atomic E-state index is 0.511. The van der Waals surface area contributed by atoms with Crippen molar-refractivity contribution in [3.63, 3.8) is 0 Å². The van der Waals surface area contributed by atoms with Crippen LogP contribution >= 0.6 is 0 Å². The van der Waals surface area contributed by atoms with Gasteiger partial charge in [-0.15, -0.1) is 0 Å². The molecule has 2 aliphatic carbocycles. The number of nitrogens with zero attached hydrogens (tertiary/aromatic N) is 1. The minimum atomic E-state index is -0.511. The summed E-state index contributed by atoms with van der Waals surface area (Å²) in [7, 11) is 0. The highest BCUT2D eigenvalue weighted by atomic mass is 16.3. The number of para-hydroxylation sites is 2. The van der Waals surface area contributed by atoms with E-state index in [1.807, 2.05) is 0 Å². The van der Waals surface area contributed by atoms with Gasteiger partial charge >= 0.3 is 0 Å². The van der Waals surface area contributed by atoms with Gasteiger partial charge in [-0.25, -0.2) is 0 Å². The Labute approximate surface area is 296 Å². The number of anilines is 3. The molecule has 2 aliphatic rings. The highest BCUT2D eigenvalue weighted by molar-refractivity contribution is 6.05. The summed E-state index contributed by atoms with van der Waals surface area (Å²) in [5.41, 5.74) is 14.9. The summed E-state index contributed by atoms with van der Waals surface area (Å²) in [5.74, 6) is 0.946. The van der Waals surface area contributed by atoms with E-state index in [0.717, 1.165) is 39.4 Å². The van der Waals surface area contributed by atoms with E-state index in [1.54, 1.807) is 0 Å². The van der Waals surface area contributed by atoms with Crippen LogP contribution in [0.15, 0.2) is 192 Å². The maximum absolute atomic E-state index is 7.00. The first-order valence-corrected chi connectivity index (χ1v) is 17.6. The third-order valence-electron chi connectivity index (χ3n) is 11.1. The van der Waals surface area contributed by atoms with Crippen LogP contribution in [0, 0.1) is 0 Å². The van der Waals surface area contributed by atoms with E-state index in [9.17, 15) is 0 Å². The Balaban J connectivity index is 1.17. The van der Waals surface area contributed by atoms with Crippen molar-refractivity contribution in [3.05, 3.63) is 210 Å². The van der Waals surface area contributed by atoms with Gasteiger partial charge in [-0.3, -0.25) is 0 Å². The van der Waals surface area contributed by atoms with Gasteiger partial charge in [0.25, 0.3) is 0 Å². The fourth-order valence-electron chi connectivity index (χ4n) is 8.98. The molecule has 1 aromatic heterocycles. The lowest BCUT2D eigenvalue weighted by atomic mass is 9.70. The van der Waals surface area contributed by atoms with Gasteiger partial charge in [-0.05, 0) is 92.2 Å². The molecule has 2 heteroatoms. The Bertz CT molecular complexity index is 2760. The summed E-state index contributed by atoms with van der Waals surface area (Å²) in [6.07, 6.45) is 0. The summed E-state index contributed by atoms with van der Waals surface area (Å²) < 4.78 is 7.00. The SMILES string of the molecule is c1ccc(N(c2ccc(-c3ccc4ccccc4c3)cc2)c2cccc3c2-c2oc4ccccc4c2C32c3ccccc3-c3ccccc32)cc1. The number of rotatable bonds is 4. The van der Waals surface area contributed by atoms with Crippen LogP contribution in [0.3, 0.4) is 0 Å². The van der Waals surface area contributed by atoms with E-state index in [-0.39, 0.29) is 0 Å². The van der Waals surface area contributed by atoms with Crippen molar-refractivity contribution in [2.75, 3.05) is 4.90 Å². The zero-order valence-corrected chi connectivity index (χ0v) is 27.8. The van der Waals surface area contributed by atoms with Crippen LogP contribution < -0.4 is 4.90 Å². The molecule has 9 aromatic rings. The Kier molecular flexibility index (Phi) is 5.91. The topological polar surface area (TPSA) is 16.4 Å². The Hall–Kier alpha value is -6.64. The van der Waals surface area contributed by atoms with Gasteiger partial charge in [0, 0.05) is 27.9 Å². The van der Waals surface area contributed by atoms with Crippen molar-refractivity contribution in [2.24, 2.45) is 0 Å². The van der Waals surface area contributed by atoms with Crippen LogP contribution in [0.1, 0.15) is 22.3 Å². The molecule has 0 bridgehead atoms. The van der Waals surface area contributed by atoms with E-state index < -0.39 is 5.41 Å². The summed E-state index contributed by atoms with van der Waals surface area (Å²) in [5, 5.41) is 3.66. The first-order chi connectivity index (χ1) is 25.3. The first-order valence-electron chi connectivity index (χ1n) is 17.6. The normalized spacial score (nSPS) is 13.3. The molecule has 1 heterocycles. The fourth-order valence-corrected chi connectivity index (χ4v) is 8.98. The highest BCUT2D eigenvalue weighted by Crippen LogP contribution is 2.66. The van der Waals surface area contributed by atoms with Crippen LogP contribution in [0.2, 0.25) is 0 Å². The average molecular weight is 650 g/mol. The second kappa shape index (κ2) is 10.7.